The SMILES string of the molecule is CCCC(CC(=O)O)n1nnnc1-c1ccc(Br)c(Cl)c1. The van der Waals surface area contributed by atoms with Crippen LogP contribution in [0.2, 0.25) is 5.02 Å². The number of rotatable bonds is 6. The van der Waals surface area contributed by atoms with Crippen molar-refractivity contribution in [3.8, 4) is 11.4 Å². The molecule has 1 unspecified atom stereocenters. The molecule has 0 spiro atoms. The van der Waals surface area contributed by atoms with Crippen molar-refractivity contribution < 1.29 is 9.90 Å². The van der Waals surface area contributed by atoms with Gasteiger partial charge in [-0.05, 0) is 51.0 Å². The lowest BCUT2D eigenvalue weighted by molar-refractivity contribution is -0.138. The second kappa shape index (κ2) is 7.00. The Morgan fingerprint density at radius 2 is 2.29 bits per heavy atom. The zero-order chi connectivity index (χ0) is 15.4. The molecule has 0 aliphatic carbocycles. The Bertz CT molecular complexity index is 647. The van der Waals surface area contributed by atoms with Crippen LogP contribution in [0.4, 0.5) is 0 Å². The fraction of sp³-hybridized carbons (Fsp3) is 0.385. The highest BCUT2D eigenvalue weighted by Crippen LogP contribution is 2.29. The molecule has 0 amide bonds. The van der Waals surface area contributed by atoms with Crippen molar-refractivity contribution in [2.24, 2.45) is 0 Å². The molecular formula is C13H14BrClN4O2. The quantitative estimate of drug-likeness (QED) is 0.837. The summed E-state index contributed by atoms with van der Waals surface area (Å²) in [6, 6.07) is 5.11. The van der Waals surface area contributed by atoms with Crippen LogP contribution in [0.3, 0.4) is 0 Å². The largest absolute Gasteiger partial charge is 0.481 e. The molecule has 0 aliphatic heterocycles. The molecule has 8 heteroatoms. The van der Waals surface area contributed by atoms with Crippen molar-refractivity contribution in [2.75, 3.05) is 0 Å². The summed E-state index contributed by atoms with van der Waals surface area (Å²) < 4.78 is 2.35. The van der Waals surface area contributed by atoms with Crippen molar-refractivity contribution in [1.29, 1.82) is 0 Å². The number of hydrogen-bond donors (Lipinski definition) is 1. The first kappa shape index (κ1) is 15.9. The second-order valence-electron chi connectivity index (χ2n) is 4.62. The topological polar surface area (TPSA) is 80.9 Å². The lowest BCUT2D eigenvalue weighted by atomic mass is 10.1. The zero-order valence-corrected chi connectivity index (χ0v) is 13.7. The molecule has 1 aromatic carbocycles. The Morgan fingerprint density at radius 1 is 1.52 bits per heavy atom. The maximum Gasteiger partial charge on any atom is 0.305 e. The average Bonchev–Trinajstić information content (AvgIpc) is 2.90. The summed E-state index contributed by atoms with van der Waals surface area (Å²) in [6.07, 6.45) is 1.52. The predicted octanol–water partition coefficient (Wildman–Crippen LogP) is 3.57. The van der Waals surface area contributed by atoms with Crippen LogP contribution in [0.25, 0.3) is 11.4 Å². The van der Waals surface area contributed by atoms with Gasteiger partial charge >= 0.3 is 5.97 Å². The van der Waals surface area contributed by atoms with Crippen molar-refractivity contribution in [1.82, 2.24) is 20.2 Å². The highest BCUT2D eigenvalue weighted by Gasteiger charge is 2.21. The van der Waals surface area contributed by atoms with Gasteiger partial charge in [0.1, 0.15) is 0 Å². The Kier molecular flexibility index (Phi) is 5.30. The molecule has 0 fully saturated rings. The van der Waals surface area contributed by atoms with Gasteiger partial charge in [0.05, 0.1) is 17.5 Å². The van der Waals surface area contributed by atoms with E-state index in [2.05, 4.69) is 31.5 Å². The van der Waals surface area contributed by atoms with Gasteiger partial charge in [-0.3, -0.25) is 4.79 Å². The highest BCUT2D eigenvalue weighted by molar-refractivity contribution is 9.10. The van der Waals surface area contributed by atoms with E-state index in [9.17, 15) is 4.79 Å². The minimum absolute atomic E-state index is 0.0177. The van der Waals surface area contributed by atoms with E-state index >= 15 is 0 Å². The van der Waals surface area contributed by atoms with E-state index in [-0.39, 0.29) is 12.5 Å². The van der Waals surface area contributed by atoms with E-state index in [4.69, 9.17) is 16.7 Å². The molecule has 1 aromatic heterocycles. The van der Waals surface area contributed by atoms with Crippen LogP contribution in [0.5, 0.6) is 0 Å². The molecule has 0 bridgehead atoms. The van der Waals surface area contributed by atoms with E-state index in [1.165, 1.54) is 0 Å². The fourth-order valence-electron chi connectivity index (χ4n) is 2.11. The molecule has 0 radical (unpaired) electrons. The number of carbonyl (C=O) groups is 1. The Hall–Kier alpha value is -1.47. The molecule has 21 heavy (non-hydrogen) atoms. The highest BCUT2D eigenvalue weighted by atomic mass is 79.9. The summed E-state index contributed by atoms with van der Waals surface area (Å²) in [5, 5.41) is 21.2. The molecular weight excluding hydrogens is 360 g/mol. The third-order valence-electron chi connectivity index (χ3n) is 3.05. The van der Waals surface area contributed by atoms with Crippen LogP contribution in [-0.2, 0) is 4.79 Å². The van der Waals surface area contributed by atoms with Gasteiger partial charge in [-0.2, -0.15) is 0 Å². The summed E-state index contributed by atoms with van der Waals surface area (Å²) in [5.41, 5.74) is 0.750. The number of halogens is 2. The predicted molar refractivity (Wildman–Crippen MR) is 82.2 cm³/mol. The van der Waals surface area contributed by atoms with Crippen LogP contribution >= 0.6 is 27.5 Å². The Labute approximate surface area is 135 Å². The number of hydrogen-bond acceptors (Lipinski definition) is 4. The third kappa shape index (κ3) is 3.79. The van der Waals surface area contributed by atoms with Crippen molar-refractivity contribution in [2.45, 2.75) is 32.2 Å². The Balaban J connectivity index is 2.39. The molecule has 0 saturated heterocycles. The minimum atomic E-state index is -0.872. The second-order valence-corrected chi connectivity index (χ2v) is 5.88. The van der Waals surface area contributed by atoms with Crippen molar-refractivity contribution in [3.63, 3.8) is 0 Å². The first-order valence-electron chi connectivity index (χ1n) is 6.48. The van der Waals surface area contributed by atoms with Gasteiger partial charge in [-0.15, -0.1) is 5.10 Å². The number of nitrogens with zero attached hydrogens (tertiary/aromatic N) is 4. The monoisotopic (exact) mass is 372 g/mol. The number of tetrazole rings is 1. The summed E-state index contributed by atoms with van der Waals surface area (Å²) in [4.78, 5) is 11.0. The maximum atomic E-state index is 11.0. The van der Waals surface area contributed by atoms with E-state index in [1.807, 2.05) is 19.1 Å². The van der Waals surface area contributed by atoms with Crippen molar-refractivity contribution in [3.05, 3.63) is 27.7 Å². The van der Waals surface area contributed by atoms with E-state index in [1.54, 1.807) is 10.7 Å². The fourth-order valence-corrected chi connectivity index (χ4v) is 2.54. The molecule has 1 atom stereocenters. The molecule has 6 nitrogen and oxygen atoms in total. The molecule has 112 valence electrons. The number of aromatic nitrogens is 4. The molecule has 2 aromatic rings. The number of benzene rings is 1. The number of aliphatic carboxylic acids is 1. The molecule has 0 saturated carbocycles. The zero-order valence-electron chi connectivity index (χ0n) is 11.3. The smallest absolute Gasteiger partial charge is 0.305 e. The minimum Gasteiger partial charge on any atom is -0.481 e. The average molecular weight is 374 g/mol. The van der Waals surface area contributed by atoms with Gasteiger partial charge in [0.15, 0.2) is 5.82 Å². The van der Waals surface area contributed by atoms with Crippen molar-refractivity contribution >= 4 is 33.5 Å². The molecule has 2 rings (SSSR count). The number of carboxylic acids is 1. The molecule has 1 heterocycles. The van der Waals surface area contributed by atoms with Gasteiger partial charge in [0.2, 0.25) is 0 Å². The van der Waals surface area contributed by atoms with E-state index in [0.29, 0.717) is 17.3 Å². The Morgan fingerprint density at radius 3 is 2.90 bits per heavy atom. The van der Waals surface area contributed by atoms with Gasteiger partial charge in [-0.25, -0.2) is 4.68 Å². The van der Waals surface area contributed by atoms with Gasteiger partial charge in [0.25, 0.3) is 0 Å². The summed E-state index contributed by atoms with van der Waals surface area (Å²) in [7, 11) is 0. The first-order valence-corrected chi connectivity index (χ1v) is 7.65. The van der Waals surface area contributed by atoms with E-state index < -0.39 is 5.97 Å². The summed E-state index contributed by atoms with van der Waals surface area (Å²) in [6.45, 7) is 2.00. The van der Waals surface area contributed by atoms with Crippen LogP contribution in [-0.4, -0.2) is 31.3 Å². The standard InChI is InChI=1S/C13H14BrClN4O2/c1-2-3-9(7-12(20)21)19-13(16-17-18-19)8-4-5-10(14)11(15)6-8/h4-6,9H,2-3,7H2,1H3,(H,20,21). The van der Waals surface area contributed by atoms with E-state index in [0.717, 1.165) is 16.5 Å². The first-order chi connectivity index (χ1) is 10.0. The number of carboxylic acid groups (broad SMARTS) is 1. The maximum absolute atomic E-state index is 11.0. The van der Waals surface area contributed by atoms with Gasteiger partial charge in [0, 0.05) is 10.0 Å². The normalized spacial score (nSPS) is 12.3. The van der Waals surface area contributed by atoms with Crippen LogP contribution in [0, 0.1) is 0 Å². The molecule has 1 N–H and O–H groups in total. The third-order valence-corrected chi connectivity index (χ3v) is 4.28. The van der Waals surface area contributed by atoms with Gasteiger partial charge < -0.3 is 5.11 Å². The van der Waals surface area contributed by atoms with Crippen LogP contribution < -0.4 is 0 Å². The van der Waals surface area contributed by atoms with Gasteiger partial charge in [-0.1, -0.05) is 24.9 Å². The lowest BCUT2D eigenvalue weighted by Crippen LogP contribution is -2.16. The van der Waals surface area contributed by atoms with Crippen LogP contribution in [0.15, 0.2) is 22.7 Å². The summed E-state index contributed by atoms with van der Waals surface area (Å²) in [5.74, 6) is -0.354. The van der Waals surface area contributed by atoms with Crippen LogP contribution in [0.1, 0.15) is 32.2 Å². The lowest BCUT2D eigenvalue weighted by Gasteiger charge is -2.15. The molecule has 0 aliphatic rings. The summed E-state index contributed by atoms with van der Waals surface area (Å²) >= 11 is 9.42.